The molecule has 6 heteroatoms. The van der Waals surface area contributed by atoms with Crippen LogP contribution in [-0.2, 0) is 13.1 Å². The van der Waals surface area contributed by atoms with E-state index in [0.29, 0.717) is 25.4 Å². The van der Waals surface area contributed by atoms with E-state index in [4.69, 9.17) is 9.15 Å². The minimum absolute atomic E-state index is 0.186. The van der Waals surface area contributed by atoms with E-state index in [0.717, 1.165) is 17.1 Å². The Balaban J connectivity index is 1.75. The van der Waals surface area contributed by atoms with Crippen LogP contribution in [0.15, 0.2) is 72.1 Å². The number of aromatic nitrogens is 2. The Hall–Kier alpha value is -3.28. The van der Waals surface area contributed by atoms with E-state index in [1.807, 2.05) is 35.0 Å². The number of furan rings is 1. The van der Waals surface area contributed by atoms with E-state index in [2.05, 4.69) is 11.6 Å². The minimum Gasteiger partial charge on any atom is -0.497 e. The molecule has 6 nitrogen and oxygen atoms in total. The van der Waals surface area contributed by atoms with E-state index < -0.39 is 0 Å². The number of hydrogen-bond acceptors (Lipinski definition) is 4. The Kier molecular flexibility index (Phi) is 5.53. The lowest BCUT2D eigenvalue weighted by molar-refractivity contribution is 0.0725. The molecule has 26 heavy (non-hydrogen) atoms. The van der Waals surface area contributed by atoms with Gasteiger partial charge in [0.2, 0.25) is 0 Å². The van der Waals surface area contributed by atoms with Crippen LogP contribution in [0.25, 0.3) is 0 Å². The second-order valence-corrected chi connectivity index (χ2v) is 5.77. The van der Waals surface area contributed by atoms with E-state index in [1.165, 1.54) is 6.26 Å². The van der Waals surface area contributed by atoms with Crippen molar-refractivity contribution in [1.29, 1.82) is 0 Å². The highest BCUT2D eigenvalue weighted by Crippen LogP contribution is 2.15. The standard InChI is InChI=1S/C20H21N3O3/c1-3-11-23(20(24)18-5-4-13-26-18)15-19-21-10-12-22(19)14-16-6-8-17(25-2)9-7-16/h3-10,12-13H,1,11,14-15H2,2H3. The number of nitrogens with zero attached hydrogens (tertiary/aromatic N) is 3. The lowest BCUT2D eigenvalue weighted by Crippen LogP contribution is -2.31. The molecule has 0 unspecified atom stereocenters. The first-order valence-corrected chi connectivity index (χ1v) is 8.28. The number of hydrogen-bond donors (Lipinski definition) is 0. The molecule has 134 valence electrons. The Morgan fingerprint density at radius 1 is 1.35 bits per heavy atom. The Morgan fingerprint density at radius 3 is 2.81 bits per heavy atom. The molecule has 0 bridgehead atoms. The fraction of sp³-hybridized carbons (Fsp3) is 0.200. The second kappa shape index (κ2) is 8.20. The number of amides is 1. The van der Waals surface area contributed by atoms with Crippen molar-refractivity contribution in [3.8, 4) is 5.75 Å². The third kappa shape index (κ3) is 4.03. The minimum atomic E-state index is -0.186. The van der Waals surface area contributed by atoms with E-state index in [1.54, 1.807) is 36.4 Å². The molecule has 3 rings (SSSR count). The molecular formula is C20H21N3O3. The molecular weight excluding hydrogens is 330 g/mol. The van der Waals surface area contributed by atoms with Crippen LogP contribution in [0.1, 0.15) is 21.9 Å². The zero-order valence-electron chi connectivity index (χ0n) is 14.7. The van der Waals surface area contributed by atoms with Gasteiger partial charge in [-0.2, -0.15) is 0 Å². The van der Waals surface area contributed by atoms with Crippen molar-refractivity contribution in [3.05, 3.63) is 84.9 Å². The molecule has 0 aliphatic heterocycles. The van der Waals surface area contributed by atoms with Gasteiger partial charge >= 0.3 is 0 Å². The van der Waals surface area contributed by atoms with Crippen LogP contribution in [0.3, 0.4) is 0 Å². The van der Waals surface area contributed by atoms with E-state index >= 15 is 0 Å². The molecule has 0 atom stereocenters. The predicted octanol–water partition coefficient (Wildman–Crippen LogP) is 3.36. The molecule has 0 aliphatic rings. The maximum atomic E-state index is 12.6. The molecule has 0 saturated carbocycles. The van der Waals surface area contributed by atoms with Crippen molar-refractivity contribution in [2.75, 3.05) is 13.7 Å². The van der Waals surface area contributed by atoms with Crippen molar-refractivity contribution in [2.45, 2.75) is 13.1 Å². The van der Waals surface area contributed by atoms with E-state index in [9.17, 15) is 4.79 Å². The van der Waals surface area contributed by atoms with Crippen LogP contribution in [0.4, 0.5) is 0 Å². The average Bonchev–Trinajstić information content (AvgIpc) is 3.34. The summed E-state index contributed by atoms with van der Waals surface area (Å²) in [6.45, 7) is 5.18. The third-order valence-corrected chi connectivity index (χ3v) is 4.01. The summed E-state index contributed by atoms with van der Waals surface area (Å²) in [5.41, 5.74) is 1.12. The third-order valence-electron chi connectivity index (χ3n) is 4.01. The number of ether oxygens (including phenoxy) is 1. The van der Waals surface area contributed by atoms with Crippen molar-refractivity contribution >= 4 is 5.91 Å². The highest BCUT2D eigenvalue weighted by molar-refractivity contribution is 5.91. The summed E-state index contributed by atoms with van der Waals surface area (Å²) in [5.74, 6) is 1.73. The highest BCUT2D eigenvalue weighted by Gasteiger charge is 2.19. The first-order chi connectivity index (χ1) is 12.7. The summed E-state index contributed by atoms with van der Waals surface area (Å²) in [6.07, 6.45) is 6.83. The summed E-state index contributed by atoms with van der Waals surface area (Å²) in [6, 6.07) is 11.2. The fourth-order valence-electron chi connectivity index (χ4n) is 2.67. The number of methoxy groups -OCH3 is 1. The van der Waals surface area contributed by atoms with Crippen LogP contribution in [0.5, 0.6) is 5.75 Å². The van der Waals surface area contributed by atoms with Gasteiger partial charge < -0.3 is 18.6 Å². The van der Waals surface area contributed by atoms with Gasteiger partial charge in [0, 0.05) is 25.5 Å². The largest absolute Gasteiger partial charge is 0.497 e. The molecule has 0 saturated heterocycles. The van der Waals surface area contributed by atoms with Gasteiger partial charge in [0.05, 0.1) is 19.9 Å². The number of imidazole rings is 1. The topological polar surface area (TPSA) is 60.5 Å². The molecule has 0 N–H and O–H groups in total. The first kappa shape index (κ1) is 17.5. The Morgan fingerprint density at radius 2 is 2.15 bits per heavy atom. The van der Waals surface area contributed by atoms with Gasteiger partial charge in [-0.25, -0.2) is 4.98 Å². The number of benzene rings is 1. The maximum Gasteiger partial charge on any atom is 0.290 e. The number of rotatable bonds is 8. The summed E-state index contributed by atoms with van der Waals surface area (Å²) < 4.78 is 12.4. The number of carbonyl (C=O) groups is 1. The van der Waals surface area contributed by atoms with Crippen molar-refractivity contribution in [3.63, 3.8) is 0 Å². The van der Waals surface area contributed by atoms with Crippen LogP contribution < -0.4 is 4.74 Å². The second-order valence-electron chi connectivity index (χ2n) is 5.77. The molecule has 0 spiro atoms. The lowest BCUT2D eigenvalue weighted by atomic mass is 10.2. The average molecular weight is 351 g/mol. The molecule has 1 aromatic carbocycles. The molecule has 0 radical (unpaired) electrons. The van der Waals surface area contributed by atoms with Crippen molar-refractivity contribution < 1.29 is 13.9 Å². The van der Waals surface area contributed by atoms with Crippen LogP contribution in [0.2, 0.25) is 0 Å². The van der Waals surface area contributed by atoms with Crippen LogP contribution in [0, 0.1) is 0 Å². The summed E-state index contributed by atoms with van der Waals surface area (Å²) in [7, 11) is 1.65. The Labute approximate surface area is 152 Å². The molecule has 2 aromatic heterocycles. The SMILES string of the molecule is C=CCN(Cc1nccn1Cc1ccc(OC)cc1)C(=O)c1ccco1. The van der Waals surface area contributed by atoms with Gasteiger partial charge in [0.1, 0.15) is 11.6 Å². The monoisotopic (exact) mass is 351 g/mol. The Bertz CT molecular complexity index is 851. The predicted molar refractivity (Wildman–Crippen MR) is 98.0 cm³/mol. The fourth-order valence-corrected chi connectivity index (χ4v) is 2.67. The van der Waals surface area contributed by atoms with Crippen LogP contribution >= 0.6 is 0 Å². The van der Waals surface area contributed by atoms with Crippen LogP contribution in [-0.4, -0.2) is 34.0 Å². The normalized spacial score (nSPS) is 10.5. The summed E-state index contributed by atoms with van der Waals surface area (Å²) in [4.78, 5) is 18.7. The van der Waals surface area contributed by atoms with Crippen molar-refractivity contribution in [1.82, 2.24) is 14.5 Å². The maximum absolute atomic E-state index is 12.6. The van der Waals surface area contributed by atoms with Crippen molar-refractivity contribution in [2.24, 2.45) is 0 Å². The van der Waals surface area contributed by atoms with Gasteiger partial charge in [-0.15, -0.1) is 6.58 Å². The summed E-state index contributed by atoms with van der Waals surface area (Å²) >= 11 is 0. The number of carbonyl (C=O) groups excluding carboxylic acids is 1. The highest BCUT2D eigenvalue weighted by atomic mass is 16.5. The zero-order chi connectivity index (χ0) is 18.4. The molecule has 2 heterocycles. The molecule has 1 amide bonds. The van der Waals surface area contributed by atoms with Gasteiger partial charge in [-0.1, -0.05) is 18.2 Å². The molecule has 0 fully saturated rings. The lowest BCUT2D eigenvalue weighted by Gasteiger charge is -2.20. The van der Waals surface area contributed by atoms with E-state index in [-0.39, 0.29) is 5.91 Å². The van der Waals surface area contributed by atoms with Gasteiger partial charge in [0.25, 0.3) is 5.91 Å². The smallest absolute Gasteiger partial charge is 0.290 e. The van der Waals surface area contributed by atoms with Gasteiger partial charge in [-0.3, -0.25) is 4.79 Å². The van der Waals surface area contributed by atoms with Gasteiger partial charge in [0.15, 0.2) is 5.76 Å². The molecule has 0 aliphatic carbocycles. The van der Waals surface area contributed by atoms with Gasteiger partial charge in [-0.05, 0) is 29.8 Å². The quantitative estimate of drug-likeness (QED) is 0.584. The first-order valence-electron chi connectivity index (χ1n) is 8.28. The molecule has 3 aromatic rings. The zero-order valence-corrected chi connectivity index (χ0v) is 14.7. The summed E-state index contributed by atoms with van der Waals surface area (Å²) in [5, 5.41) is 0.